The normalized spacial score (nSPS) is 19.7. The van der Waals surface area contributed by atoms with E-state index in [1.54, 1.807) is 0 Å². The first kappa shape index (κ1) is 13.4. The summed E-state index contributed by atoms with van der Waals surface area (Å²) in [6.07, 6.45) is 1.01. The number of nitrogen functional groups attached to an aromatic ring is 1. The van der Waals surface area contributed by atoms with E-state index in [4.69, 9.17) is 17.3 Å². The standard InChI is InChI=1S/C15H20ClNO/c1-8(18)9-6-10-11(13(17)12(9)16)15(4,5)7-14(10,2)3/h6H,7,17H2,1-5H3. The summed E-state index contributed by atoms with van der Waals surface area (Å²) in [5, 5.41) is 0.409. The topological polar surface area (TPSA) is 43.1 Å². The molecule has 0 unspecified atom stereocenters. The molecule has 0 radical (unpaired) electrons. The fourth-order valence-electron chi connectivity index (χ4n) is 3.49. The van der Waals surface area contributed by atoms with Crippen molar-refractivity contribution >= 4 is 23.1 Å². The van der Waals surface area contributed by atoms with Gasteiger partial charge in [0, 0.05) is 5.56 Å². The Morgan fingerprint density at radius 2 is 1.83 bits per heavy atom. The molecule has 0 fully saturated rings. The van der Waals surface area contributed by atoms with Crippen molar-refractivity contribution in [2.75, 3.05) is 5.73 Å². The molecule has 2 nitrogen and oxygen atoms in total. The van der Waals surface area contributed by atoms with Crippen LogP contribution in [0.2, 0.25) is 5.02 Å². The molecule has 0 spiro atoms. The van der Waals surface area contributed by atoms with Crippen molar-refractivity contribution < 1.29 is 4.79 Å². The van der Waals surface area contributed by atoms with Gasteiger partial charge in [0.05, 0.1) is 10.7 Å². The van der Waals surface area contributed by atoms with Gasteiger partial charge in [-0.1, -0.05) is 39.3 Å². The molecule has 1 aliphatic rings. The zero-order valence-electron chi connectivity index (χ0n) is 11.6. The number of Topliss-reactive ketones (excluding diaryl/α,β-unsaturated/α-hetero) is 1. The van der Waals surface area contributed by atoms with Crippen LogP contribution in [0.25, 0.3) is 0 Å². The van der Waals surface area contributed by atoms with Gasteiger partial charge in [0.25, 0.3) is 0 Å². The molecule has 98 valence electrons. The summed E-state index contributed by atoms with van der Waals surface area (Å²) in [6, 6.07) is 1.94. The molecule has 0 amide bonds. The summed E-state index contributed by atoms with van der Waals surface area (Å²) < 4.78 is 0. The molecular formula is C15H20ClNO. The Morgan fingerprint density at radius 1 is 1.28 bits per heavy atom. The van der Waals surface area contributed by atoms with Gasteiger partial charge in [-0.05, 0) is 41.4 Å². The SMILES string of the molecule is CC(=O)c1cc2c(c(N)c1Cl)C(C)(C)CC2(C)C. The quantitative estimate of drug-likeness (QED) is 0.614. The van der Waals surface area contributed by atoms with Crippen LogP contribution in [0.15, 0.2) is 6.07 Å². The molecule has 18 heavy (non-hydrogen) atoms. The molecule has 0 atom stereocenters. The third-order valence-electron chi connectivity index (χ3n) is 3.97. The summed E-state index contributed by atoms with van der Waals surface area (Å²) >= 11 is 6.25. The van der Waals surface area contributed by atoms with E-state index in [1.807, 2.05) is 6.07 Å². The zero-order valence-corrected chi connectivity index (χ0v) is 12.4. The third kappa shape index (κ3) is 1.74. The van der Waals surface area contributed by atoms with Crippen LogP contribution in [0.5, 0.6) is 0 Å². The van der Waals surface area contributed by atoms with E-state index in [0.717, 1.165) is 12.0 Å². The predicted octanol–water partition coefficient (Wildman–Crippen LogP) is 4.08. The molecule has 1 aliphatic carbocycles. The Balaban J connectivity index is 2.84. The number of halogens is 1. The van der Waals surface area contributed by atoms with Crippen LogP contribution in [-0.4, -0.2) is 5.78 Å². The number of hydrogen-bond donors (Lipinski definition) is 1. The first-order valence-electron chi connectivity index (χ1n) is 6.22. The monoisotopic (exact) mass is 265 g/mol. The summed E-state index contributed by atoms with van der Waals surface area (Å²) in [7, 11) is 0. The highest BCUT2D eigenvalue weighted by Gasteiger charge is 2.44. The molecule has 0 aliphatic heterocycles. The molecule has 3 heteroatoms. The second kappa shape index (κ2) is 3.74. The minimum atomic E-state index is -0.0324. The van der Waals surface area contributed by atoms with E-state index in [0.29, 0.717) is 16.3 Å². The van der Waals surface area contributed by atoms with Gasteiger partial charge in [-0.25, -0.2) is 0 Å². The molecule has 2 rings (SSSR count). The second-order valence-electron chi connectivity index (χ2n) is 6.58. The summed E-state index contributed by atoms with van der Waals surface area (Å²) in [4.78, 5) is 11.7. The van der Waals surface area contributed by atoms with Gasteiger partial charge in [0.2, 0.25) is 0 Å². The molecular weight excluding hydrogens is 246 g/mol. The molecule has 1 aromatic rings. The predicted molar refractivity (Wildman–Crippen MR) is 76.5 cm³/mol. The number of rotatable bonds is 1. The van der Waals surface area contributed by atoms with Crippen LogP contribution in [0.3, 0.4) is 0 Å². The van der Waals surface area contributed by atoms with Crippen molar-refractivity contribution in [3.05, 3.63) is 27.8 Å². The Bertz CT molecular complexity index is 544. The number of nitrogens with two attached hydrogens (primary N) is 1. The van der Waals surface area contributed by atoms with E-state index in [-0.39, 0.29) is 16.6 Å². The Labute approximate surface area is 114 Å². The van der Waals surface area contributed by atoms with E-state index < -0.39 is 0 Å². The summed E-state index contributed by atoms with van der Waals surface area (Å²) in [5.41, 5.74) is 9.62. The van der Waals surface area contributed by atoms with Gasteiger partial charge in [-0.3, -0.25) is 4.79 Å². The number of benzene rings is 1. The van der Waals surface area contributed by atoms with E-state index in [2.05, 4.69) is 27.7 Å². The third-order valence-corrected chi connectivity index (χ3v) is 4.38. The molecule has 0 aromatic heterocycles. The Kier molecular flexibility index (Phi) is 2.78. The van der Waals surface area contributed by atoms with Crippen LogP contribution >= 0.6 is 11.6 Å². The molecule has 0 saturated heterocycles. The molecule has 1 aromatic carbocycles. The minimum Gasteiger partial charge on any atom is -0.397 e. The summed E-state index contributed by atoms with van der Waals surface area (Å²) in [6.45, 7) is 10.3. The van der Waals surface area contributed by atoms with E-state index >= 15 is 0 Å². The van der Waals surface area contributed by atoms with Gasteiger partial charge < -0.3 is 5.73 Å². The lowest BCUT2D eigenvalue weighted by molar-refractivity contribution is 0.101. The van der Waals surface area contributed by atoms with E-state index in [1.165, 1.54) is 12.5 Å². The Hall–Kier alpha value is -1.02. The minimum absolute atomic E-state index is 0.00186. The Morgan fingerprint density at radius 3 is 2.33 bits per heavy atom. The lowest BCUT2D eigenvalue weighted by Gasteiger charge is -2.23. The van der Waals surface area contributed by atoms with Gasteiger partial charge in [-0.15, -0.1) is 0 Å². The fraction of sp³-hybridized carbons (Fsp3) is 0.533. The average Bonchev–Trinajstić information content (AvgIpc) is 2.36. The number of carbonyl (C=O) groups is 1. The first-order valence-corrected chi connectivity index (χ1v) is 6.59. The van der Waals surface area contributed by atoms with Crippen LogP contribution in [0, 0.1) is 0 Å². The highest BCUT2D eigenvalue weighted by molar-refractivity contribution is 6.36. The van der Waals surface area contributed by atoms with Crippen LogP contribution in [0.1, 0.15) is 62.5 Å². The van der Waals surface area contributed by atoms with E-state index in [9.17, 15) is 4.79 Å². The number of anilines is 1. The molecule has 2 N–H and O–H groups in total. The maximum Gasteiger partial charge on any atom is 0.161 e. The van der Waals surface area contributed by atoms with Crippen molar-refractivity contribution in [3.8, 4) is 0 Å². The van der Waals surface area contributed by atoms with Crippen molar-refractivity contribution in [1.29, 1.82) is 0 Å². The van der Waals surface area contributed by atoms with Gasteiger partial charge in [-0.2, -0.15) is 0 Å². The molecule has 0 bridgehead atoms. The van der Waals surface area contributed by atoms with Crippen molar-refractivity contribution in [3.63, 3.8) is 0 Å². The fourth-order valence-corrected chi connectivity index (χ4v) is 3.77. The van der Waals surface area contributed by atoms with Crippen molar-refractivity contribution in [1.82, 2.24) is 0 Å². The lowest BCUT2D eigenvalue weighted by Crippen LogP contribution is -2.18. The van der Waals surface area contributed by atoms with Crippen LogP contribution < -0.4 is 5.73 Å². The van der Waals surface area contributed by atoms with Crippen molar-refractivity contribution in [2.45, 2.75) is 51.9 Å². The highest BCUT2D eigenvalue weighted by Crippen LogP contribution is 2.53. The highest BCUT2D eigenvalue weighted by atomic mass is 35.5. The number of fused-ring (bicyclic) bond motifs is 1. The maximum atomic E-state index is 11.7. The molecule has 0 saturated carbocycles. The number of ketones is 1. The van der Waals surface area contributed by atoms with Gasteiger partial charge in [0.15, 0.2) is 5.78 Å². The largest absolute Gasteiger partial charge is 0.397 e. The molecule has 0 heterocycles. The van der Waals surface area contributed by atoms with Crippen LogP contribution in [0.4, 0.5) is 5.69 Å². The number of hydrogen-bond acceptors (Lipinski definition) is 2. The maximum absolute atomic E-state index is 11.7. The summed E-state index contributed by atoms with van der Waals surface area (Å²) in [5.74, 6) is -0.0324. The smallest absolute Gasteiger partial charge is 0.161 e. The zero-order chi connectivity index (χ0) is 13.9. The van der Waals surface area contributed by atoms with Crippen LogP contribution in [-0.2, 0) is 10.8 Å². The lowest BCUT2D eigenvalue weighted by atomic mass is 9.81. The van der Waals surface area contributed by atoms with Gasteiger partial charge >= 0.3 is 0 Å². The van der Waals surface area contributed by atoms with Gasteiger partial charge in [0.1, 0.15) is 0 Å². The number of carbonyl (C=O) groups excluding carboxylic acids is 1. The second-order valence-corrected chi connectivity index (χ2v) is 6.95. The first-order chi connectivity index (χ1) is 8.08. The average molecular weight is 266 g/mol. The van der Waals surface area contributed by atoms with Crippen molar-refractivity contribution in [2.24, 2.45) is 0 Å².